The van der Waals surface area contributed by atoms with Gasteiger partial charge in [-0.3, -0.25) is 9.48 Å². The van der Waals surface area contributed by atoms with Crippen molar-refractivity contribution >= 4 is 23.0 Å². The highest BCUT2D eigenvalue weighted by Crippen LogP contribution is 2.34. The number of aryl methyl sites for hydroxylation is 1. The molecule has 5 aromatic heterocycles. The van der Waals surface area contributed by atoms with Gasteiger partial charge in [-0.2, -0.15) is 10.2 Å². The fourth-order valence-electron chi connectivity index (χ4n) is 3.99. The predicted molar refractivity (Wildman–Crippen MR) is 112 cm³/mol. The summed E-state index contributed by atoms with van der Waals surface area (Å²) in [5, 5.41) is 17.3. The molecule has 5 aromatic rings. The van der Waals surface area contributed by atoms with Crippen LogP contribution in [-0.2, 0) is 13.5 Å². The lowest BCUT2D eigenvalue weighted by molar-refractivity contribution is 0.0646. The Balaban J connectivity index is 1.41. The molecule has 0 fully saturated rings. The van der Waals surface area contributed by atoms with Gasteiger partial charge in [0.05, 0.1) is 23.2 Å². The number of carbonyl (C=O) groups excluding carboxylic acids is 1. The van der Waals surface area contributed by atoms with E-state index in [2.05, 4.69) is 30.4 Å². The first-order valence-electron chi connectivity index (χ1n) is 9.89. The van der Waals surface area contributed by atoms with Crippen LogP contribution in [0.25, 0.3) is 17.1 Å². The number of hydrogen-bond donors (Lipinski definition) is 1. The number of carbonyl (C=O) groups is 1. The summed E-state index contributed by atoms with van der Waals surface area (Å²) >= 11 is 6.30. The van der Waals surface area contributed by atoms with Gasteiger partial charge in [-0.25, -0.2) is 9.50 Å². The Kier molecular flexibility index (Phi) is 4.12. The third-order valence-electron chi connectivity index (χ3n) is 5.47. The van der Waals surface area contributed by atoms with Gasteiger partial charge in [0.1, 0.15) is 16.9 Å². The van der Waals surface area contributed by atoms with Crippen LogP contribution >= 0.6 is 11.6 Å². The van der Waals surface area contributed by atoms with Crippen LogP contribution in [0.3, 0.4) is 0 Å². The number of aromatic amines is 1. The van der Waals surface area contributed by atoms with Crippen molar-refractivity contribution in [3.8, 4) is 11.6 Å². The van der Waals surface area contributed by atoms with Crippen LogP contribution < -0.4 is 0 Å². The summed E-state index contributed by atoms with van der Waals surface area (Å²) in [7, 11) is 1.78. The molecule has 1 N–H and O–H groups in total. The molecule has 0 radical (unpaired) electrons. The van der Waals surface area contributed by atoms with Crippen LogP contribution in [0.5, 0.6) is 0 Å². The molecule has 0 aliphatic carbocycles. The first-order valence-corrected chi connectivity index (χ1v) is 10.3. The molecule has 0 saturated carbocycles. The lowest BCUT2D eigenvalue weighted by Gasteiger charge is -2.32. The highest BCUT2D eigenvalue weighted by Gasteiger charge is 2.38. The van der Waals surface area contributed by atoms with E-state index in [0.717, 1.165) is 16.9 Å². The van der Waals surface area contributed by atoms with E-state index in [0.29, 0.717) is 29.5 Å². The minimum Gasteiger partial charge on any atom is -0.411 e. The number of aromatic nitrogens is 8. The Morgan fingerprint density at radius 2 is 2.16 bits per heavy atom. The van der Waals surface area contributed by atoms with Crippen LogP contribution in [0.1, 0.15) is 33.8 Å². The number of nitrogens with zero attached hydrogens (tertiary/aromatic N) is 8. The number of hydrogen-bond acceptors (Lipinski definition) is 7. The normalized spacial score (nSPS) is 15.9. The van der Waals surface area contributed by atoms with Crippen molar-refractivity contribution in [3.63, 3.8) is 0 Å². The molecule has 0 spiro atoms. The van der Waals surface area contributed by atoms with E-state index < -0.39 is 11.9 Å². The molecule has 0 aromatic carbocycles. The fraction of sp³-hybridized carbons (Fsp3) is 0.200. The summed E-state index contributed by atoms with van der Waals surface area (Å²) in [6.07, 6.45) is 4.00. The molecule has 0 unspecified atom stereocenters. The van der Waals surface area contributed by atoms with Gasteiger partial charge in [-0.1, -0.05) is 17.7 Å². The monoisotopic (exact) mass is 449 g/mol. The molecule has 1 aliphatic heterocycles. The number of nitrogens with one attached hydrogen (secondary N) is 1. The second-order valence-electron chi connectivity index (χ2n) is 7.46. The highest BCUT2D eigenvalue weighted by atomic mass is 35.5. The van der Waals surface area contributed by atoms with Crippen LogP contribution in [0.2, 0.25) is 5.15 Å². The SMILES string of the molecule is Cn1ccc(-c2nnc(C(=O)N3CCc4[nH]cnc4[C@H]3c3cc4cccc(Cl)n4n3)o2)n1. The Labute approximate surface area is 185 Å². The lowest BCUT2D eigenvalue weighted by Crippen LogP contribution is -2.41. The number of amides is 1. The summed E-state index contributed by atoms with van der Waals surface area (Å²) in [5.74, 6) is -0.333. The minimum atomic E-state index is -0.529. The first kappa shape index (κ1) is 18.8. The maximum Gasteiger partial charge on any atom is 0.312 e. The molecule has 11 nitrogen and oxygen atoms in total. The van der Waals surface area contributed by atoms with Crippen molar-refractivity contribution in [2.24, 2.45) is 7.05 Å². The molecular weight excluding hydrogens is 434 g/mol. The minimum absolute atomic E-state index is 0.114. The summed E-state index contributed by atoms with van der Waals surface area (Å²) in [5.41, 5.74) is 3.65. The van der Waals surface area contributed by atoms with E-state index in [1.807, 2.05) is 18.2 Å². The summed E-state index contributed by atoms with van der Waals surface area (Å²) in [6.45, 7) is 0.432. The number of H-pyrrole nitrogens is 1. The highest BCUT2D eigenvalue weighted by molar-refractivity contribution is 6.29. The van der Waals surface area contributed by atoms with Gasteiger partial charge in [-0.05, 0) is 24.3 Å². The van der Waals surface area contributed by atoms with Crippen molar-refractivity contribution in [3.05, 3.63) is 71.0 Å². The predicted octanol–water partition coefficient (Wildman–Crippen LogP) is 2.28. The maximum atomic E-state index is 13.5. The van der Waals surface area contributed by atoms with Gasteiger partial charge >= 0.3 is 11.8 Å². The van der Waals surface area contributed by atoms with Gasteiger partial charge in [0.25, 0.3) is 5.89 Å². The molecule has 0 bridgehead atoms. The summed E-state index contributed by atoms with van der Waals surface area (Å²) in [6, 6.07) is 8.62. The Bertz CT molecular complexity index is 1460. The molecule has 0 saturated heterocycles. The average Bonchev–Trinajstić information content (AvgIpc) is 3.57. The zero-order valence-electron chi connectivity index (χ0n) is 16.8. The van der Waals surface area contributed by atoms with Gasteiger partial charge < -0.3 is 14.3 Å². The Morgan fingerprint density at radius 3 is 2.97 bits per heavy atom. The molecule has 1 amide bonds. The summed E-state index contributed by atoms with van der Waals surface area (Å²) < 4.78 is 8.92. The molecule has 6 heterocycles. The molecule has 1 aliphatic rings. The van der Waals surface area contributed by atoms with Gasteiger partial charge in [0.2, 0.25) is 0 Å². The zero-order valence-corrected chi connectivity index (χ0v) is 17.6. The van der Waals surface area contributed by atoms with Crippen LogP contribution in [0, 0.1) is 0 Å². The molecule has 160 valence electrons. The van der Waals surface area contributed by atoms with E-state index >= 15 is 0 Å². The second kappa shape index (κ2) is 7.02. The standard InChI is InChI=1S/C20H16ClN9O2/c1-28-7-5-13(26-28)18-24-25-19(32-18)20(31)29-8-6-12-16(23-10-22-12)17(29)14-9-11-3-2-4-15(21)30(11)27-14/h2-5,7,9-10,17H,6,8H2,1H3,(H,22,23)/t17-/m1/s1. The van der Waals surface area contributed by atoms with Gasteiger partial charge in [-0.15, -0.1) is 10.2 Å². The molecule has 32 heavy (non-hydrogen) atoms. The Morgan fingerprint density at radius 1 is 1.25 bits per heavy atom. The Hall–Kier alpha value is -3.99. The lowest BCUT2D eigenvalue weighted by atomic mass is 9.99. The number of fused-ring (bicyclic) bond motifs is 2. The number of pyridine rings is 1. The average molecular weight is 450 g/mol. The maximum absolute atomic E-state index is 13.5. The third kappa shape index (κ3) is 2.89. The fourth-order valence-corrected chi connectivity index (χ4v) is 4.20. The van der Waals surface area contributed by atoms with E-state index in [9.17, 15) is 4.79 Å². The van der Waals surface area contributed by atoms with Crippen LogP contribution in [-0.4, -0.2) is 56.9 Å². The third-order valence-corrected chi connectivity index (χ3v) is 5.75. The van der Waals surface area contributed by atoms with E-state index in [1.165, 1.54) is 0 Å². The van der Waals surface area contributed by atoms with Crippen molar-refractivity contribution in [1.82, 2.24) is 44.5 Å². The molecule has 6 rings (SSSR count). The van der Waals surface area contributed by atoms with Gasteiger partial charge in [0.15, 0.2) is 0 Å². The van der Waals surface area contributed by atoms with Crippen LogP contribution in [0.15, 0.2) is 47.3 Å². The zero-order chi connectivity index (χ0) is 21.8. The van der Waals surface area contributed by atoms with Crippen molar-refractivity contribution in [1.29, 1.82) is 0 Å². The van der Waals surface area contributed by atoms with E-state index in [-0.39, 0.29) is 11.8 Å². The largest absolute Gasteiger partial charge is 0.411 e. The number of imidazole rings is 1. The van der Waals surface area contributed by atoms with Gasteiger partial charge in [0, 0.05) is 31.9 Å². The smallest absolute Gasteiger partial charge is 0.312 e. The quantitative estimate of drug-likeness (QED) is 0.419. The molecular formula is C20H16ClN9O2. The summed E-state index contributed by atoms with van der Waals surface area (Å²) in [4.78, 5) is 22.7. The van der Waals surface area contributed by atoms with Crippen molar-refractivity contribution in [2.45, 2.75) is 12.5 Å². The second-order valence-corrected chi connectivity index (χ2v) is 7.85. The van der Waals surface area contributed by atoms with Crippen LogP contribution in [0.4, 0.5) is 0 Å². The molecule has 12 heteroatoms. The molecule has 1 atom stereocenters. The van der Waals surface area contributed by atoms with E-state index in [4.69, 9.17) is 16.0 Å². The van der Waals surface area contributed by atoms with Crippen molar-refractivity contribution in [2.75, 3.05) is 6.54 Å². The number of halogens is 1. The van der Waals surface area contributed by atoms with Crippen molar-refractivity contribution < 1.29 is 9.21 Å². The number of rotatable bonds is 3. The topological polar surface area (TPSA) is 123 Å². The van der Waals surface area contributed by atoms with E-state index in [1.54, 1.807) is 45.8 Å². The first-order chi connectivity index (χ1) is 15.6.